The molecule has 2 aliphatic rings. The van der Waals surface area contributed by atoms with E-state index >= 15 is 0 Å². The first-order valence-electron chi connectivity index (χ1n) is 9.12. The second kappa shape index (κ2) is 9.16. The third kappa shape index (κ3) is 5.30. The van der Waals surface area contributed by atoms with Crippen molar-refractivity contribution in [2.24, 2.45) is 0 Å². The van der Waals surface area contributed by atoms with Crippen molar-refractivity contribution in [2.75, 3.05) is 39.4 Å². The Morgan fingerprint density at radius 1 is 1.17 bits per heavy atom. The van der Waals surface area contributed by atoms with Gasteiger partial charge in [0.2, 0.25) is 5.91 Å². The molecule has 0 N–H and O–H groups in total. The predicted octanol–water partition coefficient (Wildman–Crippen LogP) is 2.26. The van der Waals surface area contributed by atoms with Crippen molar-refractivity contribution in [3.63, 3.8) is 0 Å². The minimum Gasteiger partial charge on any atom is -0.375 e. The van der Waals surface area contributed by atoms with Crippen molar-refractivity contribution < 1.29 is 14.4 Å². The number of amides is 1. The molecule has 0 bridgehead atoms. The lowest BCUT2D eigenvalue weighted by Gasteiger charge is -2.33. The van der Waals surface area contributed by atoms with Gasteiger partial charge in [0.25, 0.3) is 0 Å². The van der Waals surface area contributed by atoms with Gasteiger partial charge in [-0.05, 0) is 31.2 Å². The molecule has 5 heteroatoms. The van der Waals surface area contributed by atoms with Gasteiger partial charge in [0.1, 0.15) is 0 Å². The zero-order chi connectivity index (χ0) is 16.6. The Bertz CT molecular complexity index is 503. The molecule has 1 atom stereocenters. The Morgan fingerprint density at radius 3 is 2.83 bits per heavy atom. The number of carbonyl (C=O) groups excluding carboxylic acids is 1. The first kappa shape index (κ1) is 17.4. The van der Waals surface area contributed by atoms with Gasteiger partial charge in [0, 0.05) is 32.6 Å². The summed E-state index contributed by atoms with van der Waals surface area (Å²) in [7, 11) is 0. The SMILES string of the molecule is O=C(CCN1CCCO1)N1CCO[C@@H](CCCc2ccccc2)C1. The quantitative estimate of drug-likeness (QED) is 0.768. The topological polar surface area (TPSA) is 42.0 Å². The van der Waals surface area contributed by atoms with E-state index in [-0.39, 0.29) is 12.0 Å². The fourth-order valence-corrected chi connectivity index (χ4v) is 3.35. The third-order valence-corrected chi connectivity index (χ3v) is 4.73. The van der Waals surface area contributed by atoms with Crippen molar-refractivity contribution in [1.82, 2.24) is 9.96 Å². The summed E-state index contributed by atoms with van der Waals surface area (Å²) in [5.74, 6) is 0.224. The summed E-state index contributed by atoms with van der Waals surface area (Å²) in [6, 6.07) is 10.5. The molecule has 1 amide bonds. The summed E-state index contributed by atoms with van der Waals surface area (Å²) in [5.41, 5.74) is 1.37. The van der Waals surface area contributed by atoms with E-state index in [0.717, 1.165) is 51.9 Å². The van der Waals surface area contributed by atoms with E-state index in [1.807, 2.05) is 16.0 Å². The highest BCUT2D eigenvalue weighted by Gasteiger charge is 2.24. The van der Waals surface area contributed by atoms with E-state index in [1.54, 1.807) is 0 Å². The van der Waals surface area contributed by atoms with Crippen LogP contribution >= 0.6 is 0 Å². The normalized spacial score (nSPS) is 22.0. The number of nitrogens with zero attached hydrogens (tertiary/aromatic N) is 2. The maximum absolute atomic E-state index is 12.4. The molecule has 5 nitrogen and oxygen atoms in total. The summed E-state index contributed by atoms with van der Waals surface area (Å²) < 4.78 is 5.85. The van der Waals surface area contributed by atoms with E-state index in [1.165, 1.54) is 5.56 Å². The highest BCUT2D eigenvalue weighted by Crippen LogP contribution is 2.14. The molecule has 0 radical (unpaired) electrons. The minimum absolute atomic E-state index is 0.175. The van der Waals surface area contributed by atoms with Crippen LogP contribution in [0.25, 0.3) is 0 Å². The highest BCUT2D eigenvalue weighted by atomic mass is 16.7. The number of hydrogen-bond acceptors (Lipinski definition) is 4. The number of aryl methyl sites for hydroxylation is 1. The lowest BCUT2D eigenvalue weighted by Crippen LogP contribution is -2.46. The van der Waals surface area contributed by atoms with Crippen molar-refractivity contribution >= 4 is 5.91 Å². The monoisotopic (exact) mass is 332 g/mol. The predicted molar refractivity (Wildman–Crippen MR) is 92.5 cm³/mol. The molecule has 24 heavy (non-hydrogen) atoms. The number of hydrogen-bond donors (Lipinski definition) is 0. The van der Waals surface area contributed by atoms with Gasteiger partial charge in [-0.25, -0.2) is 0 Å². The lowest BCUT2D eigenvalue weighted by molar-refractivity contribution is -0.145. The highest BCUT2D eigenvalue weighted by molar-refractivity contribution is 5.76. The molecular weight excluding hydrogens is 304 g/mol. The lowest BCUT2D eigenvalue weighted by atomic mass is 10.0. The number of rotatable bonds is 7. The Balaban J connectivity index is 1.36. The van der Waals surface area contributed by atoms with E-state index in [0.29, 0.717) is 19.6 Å². The smallest absolute Gasteiger partial charge is 0.224 e. The molecule has 0 unspecified atom stereocenters. The van der Waals surface area contributed by atoms with Crippen molar-refractivity contribution in [1.29, 1.82) is 0 Å². The largest absolute Gasteiger partial charge is 0.375 e. The van der Waals surface area contributed by atoms with Crippen LogP contribution in [0.1, 0.15) is 31.2 Å². The zero-order valence-corrected chi connectivity index (χ0v) is 14.4. The molecule has 3 rings (SSSR count). The molecule has 0 saturated carbocycles. The van der Waals surface area contributed by atoms with Crippen LogP contribution in [0, 0.1) is 0 Å². The van der Waals surface area contributed by atoms with Crippen LogP contribution in [0.15, 0.2) is 30.3 Å². The first-order valence-corrected chi connectivity index (χ1v) is 9.12. The van der Waals surface area contributed by atoms with Gasteiger partial charge >= 0.3 is 0 Å². The van der Waals surface area contributed by atoms with Gasteiger partial charge in [-0.2, -0.15) is 5.06 Å². The standard InChI is InChI=1S/C19H28N2O3/c22-19(10-12-21-11-5-14-24-21)20-13-15-23-18(16-20)9-4-8-17-6-2-1-3-7-17/h1-3,6-7,18H,4-5,8-16H2/t18-/m0/s1. The Kier molecular flexibility index (Phi) is 6.64. The zero-order valence-electron chi connectivity index (χ0n) is 14.4. The summed E-state index contributed by atoms with van der Waals surface area (Å²) in [5, 5.41) is 1.91. The van der Waals surface area contributed by atoms with Gasteiger partial charge in [-0.3, -0.25) is 9.63 Å². The van der Waals surface area contributed by atoms with Crippen LogP contribution in [0.5, 0.6) is 0 Å². The molecule has 2 saturated heterocycles. The molecule has 132 valence electrons. The first-order chi connectivity index (χ1) is 11.8. The van der Waals surface area contributed by atoms with Crippen LogP contribution in [-0.4, -0.2) is 61.4 Å². The Morgan fingerprint density at radius 2 is 2.04 bits per heavy atom. The molecular formula is C19H28N2O3. The summed E-state index contributed by atoms with van der Waals surface area (Å²) in [6.07, 6.45) is 4.95. The summed E-state index contributed by atoms with van der Waals surface area (Å²) >= 11 is 0. The number of benzene rings is 1. The van der Waals surface area contributed by atoms with Crippen molar-refractivity contribution in [3.8, 4) is 0 Å². The van der Waals surface area contributed by atoms with Crippen LogP contribution in [-0.2, 0) is 20.8 Å². The molecule has 0 aliphatic carbocycles. The van der Waals surface area contributed by atoms with Gasteiger partial charge in [-0.15, -0.1) is 0 Å². The number of carbonyl (C=O) groups is 1. The molecule has 0 aromatic heterocycles. The van der Waals surface area contributed by atoms with E-state index in [9.17, 15) is 4.79 Å². The maximum atomic E-state index is 12.4. The molecule has 0 spiro atoms. The summed E-state index contributed by atoms with van der Waals surface area (Å²) in [6.45, 7) is 4.54. The fraction of sp³-hybridized carbons (Fsp3) is 0.632. The van der Waals surface area contributed by atoms with Crippen molar-refractivity contribution in [2.45, 2.75) is 38.2 Å². The van der Waals surface area contributed by atoms with Crippen LogP contribution in [0.4, 0.5) is 0 Å². The van der Waals surface area contributed by atoms with Crippen LogP contribution < -0.4 is 0 Å². The fourth-order valence-electron chi connectivity index (χ4n) is 3.35. The number of hydroxylamine groups is 2. The van der Waals surface area contributed by atoms with E-state index in [4.69, 9.17) is 9.57 Å². The van der Waals surface area contributed by atoms with Gasteiger partial charge in [0.15, 0.2) is 0 Å². The van der Waals surface area contributed by atoms with Gasteiger partial charge in [0.05, 0.1) is 19.3 Å². The van der Waals surface area contributed by atoms with E-state index < -0.39 is 0 Å². The molecule has 2 aliphatic heterocycles. The minimum atomic E-state index is 0.175. The third-order valence-electron chi connectivity index (χ3n) is 4.73. The average molecular weight is 332 g/mol. The number of morpholine rings is 1. The molecule has 1 aromatic carbocycles. The summed E-state index contributed by atoms with van der Waals surface area (Å²) in [4.78, 5) is 19.8. The van der Waals surface area contributed by atoms with Gasteiger partial charge < -0.3 is 9.64 Å². The maximum Gasteiger partial charge on any atom is 0.224 e. The van der Waals surface area contributed by atoms with Gasteiger partial charge in [-0.1, -0.05) is 30.3 Å². The number of ether oxygens (including phenoxy) is 1. The molecule has 1 aromatic rings. The second-order valence-electron chi connectivity index (χ2n) is 6.58. The van der Waals surface area contributed by atoms with Crippen molar-refractivity contribution in [3.05, 3.63) is 35.9 Å². The Hall–Kier alpha value is -1.43. The average Bonchev–Trinajstić information content (AvgIpc) is 3.14. The molecule has 2 fully saturated rings. The van der Waals surface area contributed by atoms with E-state index in [2.05, 4.69) is 24.3 Å². The second-order valence-corrected chi connectivity index (χ2v) is 6.58. The molecule has 2 heterocycles. The Labute approximate surface area is 144 Å². The van der Waals surface area contributed by atoms with Crippen LogP contribution in [0.2, 0.25) is 0 Å². The van der Waals surface area contributed by atoms with Crippen LogP contribution in [0.3, 0.4) is 0 Å².